The highest BCUT2D eigenvalue weighted by molar-refractivity contribution is 6.33. The zero-order valence-corrected chi connectivity index (χ0v) is 16.2. The Morgan fingerprint density at radius 3 is 2.71 bits per heavy atom. The number of amides is 1. The van der Waals surface area contributed by atoms with Gasteiger partial charge in [-0.3, -0.25) is 4.79 Å². The summed E-state index contributed by atoms with van der Waals surface area (Å²) in [6.45, 7) is 1.26. The van der Waals surface area contributed by atoms with Gasteiger partial charge < -0.3 is 14.2 Å². The molecule has 0 aliphatic carbocycles. The normalized spacial score (nSPS) is 14.9. The monoisotopic (exact) mass is 397 g/mol. The molecule has 7 heteroatoms. The quantitative estimate of drug-likeness (QED) is 0.651. The Bertz CT molecular complexity index is 980. The lowest BCUT2D eigenvalue weighted by atomic mass is 9.96. The summed E-state index contributed by atoms with van der Waals surface area (Å²) in [4.78, 5) is 19.1. The Balaban J connectivity index is 1.42. The van der Waals surface area contributed by atoms with Crippen molar-refractivity contribution in [3.63, 3.8) is 0 Å². The van der Waals surface area contributed by atoms with Crippen LogP contribution in [0.5, 0.6) is 5.75 Å². The number of piperidine rings is 1. The Morgan fingerprint density at radius 2 is 1.96 bits per heavy atom. The highest BCUT2D eigenvalue weighted by Gasteiger charge is 2.28. The maximum atomic E-state index is 12.7. The molecule has 3 aromatic rings. The number of hydrogen-bond acceptors (Lipinski definition) is 5. The van der Waals surface area contributed by atoms with Gasteiger partial charge >= 0.3 is 0 Å². The van der Waals surface area contributed by atoms with E-state index >= 15 is 0 Å². The number of aromatic nitrogens is 2. The van der Waals surface area contributed by atoms with Gasteiger partial charge in [-0.05, 0) is 37.1 Å². The Morgan fingerprint density at radius 1 is 1.18 bits per heavy atom. The lowest BCUT2D eigenvalue weighted by Crippen LogP contribution is -2.38. The van der Waals surface area contributed by atoms with Crippen molar-refractivity contribution in [2.45, 2.75) is 18.8 Å². The van der Waals surface area contributed by atoms with Crippen LogP contribution in [0.4, 0.5) is 0 Å². The lowest BCUT2D eigenvalue weighted by Gasteiger charge is -2.30. The summed E-state index contributed by atoms with van der Waals surface area (Å²) in [5, 5.41) is 4.59. The van der Waals surface area contributed by atoms with Gasteiger partial charge in [0.15, 0.2) is 0 Å². The molecule has 1 fully saturated rings. The van der Waals surface area contributed by atoms with Gasteiger partial charge in [-0.25, -0.2) is 0 Å². The number of halogens is 1. The molecular formula is C21H20ClN3O3. The van der Waals surface area contributed by atoms with Crippen LogP contribution in [0.2, 0.25) is 5.02 Å². The summed E-state index contributed by atoms with van der Waals surface area (Å²) in [5.74, 6) is 2.01. The molecule has 0 bridgehead atoms. The summed E-state index contributed by atoms with van der Waals surface area (Å²) in [6, 6.07) is 14.7. The fraction of sp³-hybridized carbons (Fsp3) is 0.286. The predicted octanol–water partition coefficient (Wildman–Crippen LogP) is 4.42. The highest BCUT2D eigenvalue weighted by Crippen LogP contribution is 2.30. The fourth-order valence-corrected chi connectivity index (χ4v) is 3.63. The second-order valence-corrected chi connectivity index (χ2v) is 7.14. The molecule has 1 aromatic heterocycles. The third-order valence-electron chi connectivity index (χ3n) is 5.01. The minimum atomic E-state index is -0.0355. The predicted molar refractivity (Wildman–Crippen MR) is 106 cm³/mol. The summed E-state index contributed by atoms with van der Waals surface area (Å²) >= 11 is 6.16. The van der Waals surface area contributed by atoms with Crippen LogP contribution >= 0.6 is 11.6 Å². The highest BCUT2D eigenvalue weighted by atomic mass is 35.5. The van der Waals surface area contributed by atoms with Crippen LogP contribution in [0.1, 0.15) is 35.0 Å². The van der Waals surface area contributed by atoms with Crippen LogP contribution in [-0.2, 0) is 0 Å². The molecular weight excluding hydrogens is 378 g/mol. The van der Waals surface area contributed by atoms with Gasteiger partial charge in [0.1, 0.15) is 5.75 Å². The molecule has 4 rings (SSSR count). The van der Waals surface area contributed by atoms with E-state index in [9.17, 15) is 4.79 Å². The van der Waals surface area contributed by atoms with Gasteiger partial charge in [-0.15, -0.1) is 0 Å². The van der Waals surface area contributed by atoms with E-state index in [1.807, 2.05) is 41.3 Å². The molecule has 0 spiro atoms. The Labute approximate surface area is 168 Å². The largest absolute Gasteiger partial charge is 0.497 e. The molecule has 0 unspecified atom stereocenters. The summed E-state index contributed by atoms with van der Waals surface area (Å²) in [6.07, 6.45) is 1.55. The maximum Gasteiger partial charge on any atom is 0.255 e. The van der Waals surface area contributed by atoms with Crippen LogP contribution < -0.4 is 4.74 Å². The average Bonchev–Trinajstić information content (AvgIpc) is 3.24. The third-order valence-corrected chi connectivity index (χ3v) is 5.33. The number of benzene rings is 2. The van der Waals surface area contributed by atoms with E-state index in [1.165, 1.54) is 0 Å². The number of ether oxygens (including phenoxy) is 1. The van der Waals surface area contributed by atoms with Crippen LogP contribution in [0, 0.1) is 0 Å². The number of nitrogens with zero attached hydrogens (tertiary/aromatic N) is 3. The van der Waals surface area contributed by atoms with E-state index in [1.54, 1.807) is 19.2 Å². The van der Waals surface area contributed by atoms with Crippen LogP contribution in [0.25, 0.3) is 11.4 Å². The summed E-state index contributed by atoms with van der Waals surface area (Å²) in [7, 11) is 1.62. The molecule has 0 radical (unpaired) electrons. The molecule has 6 nitrogen and oxygen atoms in total. The number of carbonyl (C=O) groups is 1. The van der Waals surface area contributed by atoms with Crippen molar-refractivity contribution in [3.8, 4) is 17.1 Å². The Hall–Kier alpha value is -2.86. The zero-order chi connectivity index (χ0) is 19.5. The van der Waals surface area contributed by atoms with Gasteiger partial charge in [-0.2, -0.15) is 4.98 Å². The minimum absolute atomic E-state index is 0.0355. The second kappa shape index (κ2) is 8.02. The molecule has 2 heterocycles. The topological polar surface area (TPSA) is 68.5 Å². The van der Waals surface area contributed by atoms with Gasteiger partial charge in [0.25, 0.3) is 5.91 Å². The van der Waals surface area contributed by atoms with Crippen LogP contribution in [0.15, 0.2) is 53.1 Å². The molecule has 0 atom stereocenters. The van der Waals surface area contributed by atoms with Gasteiger partial charge in [0, 0.05) is 24.6 Å². The Kier molecular flexibility index (Phi) is 5.30. The van der Waals surface area contributed by atoms with Crippen molar-refractivity contribution >= 4 is 17.5 Å². The van der Waals surface area contributed by atoms with Crippen molar-refractivity contribution < 1.29 is 14.1 Å². The molecule has 1 aliphatic heterocycles. The first-order valence-corrected chi connectivity index (χ1v) is 9.55. The number of rotatable bonds is 4. The SMILES string of the molecule is COc1cccc(-c2noc(C3CCN(C(=O)c4ccccc4Cl)CC3)n2)c1. The number of methoxy groups -OCH3 is 1. The van der Waals surface area contributed by atoms with Crippen molar-refractivity contribution in [1.82, 2.24) is 15.0 Å². The number of hydrogen-bond donors (Lipinski definition) is 0. The number of carbonyl (C=O) groups excluding carboxylic acids is 1. The van der Waals surface area contributed by atoms with E-state index in [0.717, 1.165) is 24.2 Å². The van der Waals surface area contributed by atoms with Crippen LogP contribution in [0.3, 0.4) is 0 Å². The number of likely N-dealkylation sites (tertiary alicyclic amines) is 1. The van der Waals surface area contributed by atoms with Crippen molar-refractivity contribution in [2.24, 2.45) is 0 Å². The zero-order valence-electron chi connectivity index (χ0n) is 15.5. The lowest BCUT2D eigenvalue weighted by molar-refractivity contribution is 0.0704. The molecule has 144 valence electrons. The average molecular weight is 398 g/mol. The van der Waals surface area contributed by atoms with E-state index in [-0.39, 0.29) is 11.8 Å². The molecule has 2 aromatic carbocycles. The van der Waals surface area contributed by atoms with Gasteiger partial charge in [-0.1, -0.05) is 41.0 Å². The van der Waals surface area contributed by atoms with Crippen molar-refractivity contribution in [1.29, 1.82) is 0 Å². The van der Waals surface area contributed by atoms with Gasteiger partial charge in [0.2, 0.25) is 11.7 Å². The molecule has 1 aliphatic rings. The second-order valence-electron chi connectivity index (χ2n) is 6.73. The fourth-order valence-electron chi connectivity index (χ4n) is 3.41. The standard InChI is InChI=1S/C21H20ClN3O3/c1-27-16-6-4-5-15(13-16)19-23-20(28-24-19)14-9-11-25(12-10-14)21(26)17-7-2-3-8-18(17)22/h2-8,13-14H,9-12H2,1H3. The smallest absolute Gasteiger partial charge is 0.255 e. The van der Waals surface area contributed by atoms with Crippen LogP contribution in [-0.4, -0.2) is 41.1 Å². The first kappa shape index (κ1) is 18.5. The van der Waals surface area contributed by atoms with E-state index < -0.39 is 0 Å². The molecule has 1 saturated heterocycles. The van der Waals surface area contributed by atoms with Crippen molar-refractivity contribution in [2.75, 3.05) is 20.2 Å². The molecule has 0 saturated carbocycles. The van der Waals surface area contributed by atoms with Gasteiger partial charge in [0.05, 0.1) is 17.7 Å². The molecule has 0 N–H and O–H groups in total. The van der Waals surface area contributed by atoms with E-state index in [2.05, 4.69) is 10.1 Å². The first-order valence-electron chi connectivity index (χ1n) is 9.17. The van der Waals surface area contributed by atoms with E-state index in [0.29, 0.717) is 35.4 Å². The molecule has 28 heavy (non-hydrogen) atoms. The first-order chi connectivity index (χ1) is 13.7. The van der Waals surface area contributed by atoms with E-state index in [4.69, 9.17) is 20.9 Å². The molecule has 1 amide bonds. The summed E-state index contributed by atoms with van der Waals surface area (Å²) < 4.78 is 10.8. The summed E-state index contributed by atoms with van der Waals surface area (Å²) in [5.41, 5.74) is 1.39. The minimum Gasteiger partial charge on any atom is -0.497 e. The van der Waals surface area contributed by atoms with Crippen molar-refractivity contribution in [3.05, 3.63) is 65.0 Å². The maximum absolute atomic E-state index is 12.7. The third kappa shape index (κ3) is 3.73.